The van der Waals surface area contributed by atoms with Gasteiger partial charge in [-0.3, -0.25) is 9.88 Å². The number of nitrogens with zero attached hydrogens (tertiary/aromatic N) is 3. The monoisotopic (exact) mass is 411 g/mol. The van der Waals surface area contributed by atoms with E-state index in [-0.39, 0.29) is 12.1 Å². The van der Waals surface area contributed by atoms with Crippen LogP contribution in [-0.2, 0) is 11.2 Å². The Morgan fingerprint density at radius 1 is 1.31 bits per heavy atom. The van der Waals surface area contributed by atoms with E-state index in [9.17, 15) is 13.2 Å². The predicted molar refractivity (Wildman–Crippen MR) is 111 cm³/mol. The van der Waals surface area contributed by atoms with Gasteiger partial charge in [0, 0.05) is 25.8 Å². The fourth-order valence-electron chi connectivity index (χ4n) is 3.29. The Kier molecular flexibility index (Phi) is 8.28. The molecule has 0 aliphatic carbocycles. The second-order valence-electron chi connectivity index (χ2n) is 7.71. The first-order chi connectivity index (χ1) is 13.6. The van der Waals surface area contributed by atoms with Crippen molar-refractivity contribution in [3.8, 4) is 0 Å². The molecule has 1 aliphatic rings. The number of halogens is 3. The molecule has 4 nitrogen and oxygen atoms in total. The first-order valence-corrected chi connectivity index (χ1v) is 10.1. The Labute approximate surface area is 172 Å². The average Bonchev–Trinajstić information content (AvgIpc) is 2.68. The van der Waals surface area contributed by atoms with Gasteiger partial charge in [-0.15, -0.1) is 0 Å². The Hall–Kier alpha value is -1.86. The fourth-order valence-corrected chi connectivity index (χ4v) is 3.29. The first-order valence-electron chi connectivity index (χ1n) is 10.1. The van der Waals surface area contributed by atoms with Crippen LogP contribution < -0.4 is 4.90 Å². The highest BCUT2D eigenvalue weighted by Gasteiger charge is 2.33. The van der Waals surface area contributed by atoms with Crippen molar-refractivity contribution >= 4 is 5.69 Å². The van der Waals surface area contributed by atoms with Gasteiger partial charge < -0.3 is 9.64 Å². The lowest BCUT2D eigenvalue weighted by molar-refractivity contribution is -0.0914. The van der Waals surface area contributed by atoms with Crippen LogP contribution >= 0.6 is 0 Å². The van der Waals surface area contributed by atoms with Crippen LogP contribution in [0, 0.1) is 5.92 Å². The SMILES string of the molecule is CCN(C)c1cnccc1CCC1OCC(C)/C=C\C(C(F)(F)F)=C/C(C)N1C. The second kappa shape index (κ2) is 10.3. The summed E-state index contributed by atoms with van der Waals surface area (Å²) in [5.74, 6) is -0.104. The molecular formula is C22H32F3N3O. The van der Waals surface area contributed by atoms with Gasteiger partial charge in [-0.05, 0) is 51.3 Å². The van der Waals surface area contributed by atoms with Gasteiger partial charge >= 0.3 is 6.18 Å². The highest BCUT2D eigenvalue weighted by molar-refractivity contribution is 5.50. The van der Waals surface area contributed by atoms with Crippen LogP contribution in [-0.4, -0.2) is 55.6 Å². The molecule has 0 spiro atoms. The summed E-state index contributed by atoms with van der Waals surface area (Å²) in [6.07, 6.45) is 4.43. The molecule has 0 aromatic carbocycles. The number of hydrogen-bond acceptors (Lipinski definition) is 4. The normalized spacial score (nSPS) is 27.2. The minimum absolute atomic E-state index is 0.104. The maximum absolute atomic E-state index is 13.4. The summed E-state index contributed by atoms with van der Waals surface area (Å²) in [6, 6.07) is 1.59. The number of pyridine rings is 1. The smallest absolute Gasteiger partial charge is 0.373 e. The third-order valence-electron chi connectivity index (χ3n) is 5.43. The highest BCUT2D eigenvalue weighted by Crippen LogP contribution is 2.29. The van der Waals surface area contributed by atoms with E-state index in [0.717, 1.165) is 24.2 Å². The number of hydrogen-bond donors (Lipinski definition) is 0. The largest absolute Gasteiger partial charge is 0.416 e. The Morgan fingerprint density at radius 2 is 2.03 bits per heavy atom. The molecule has 0 saturated carbocycles. The molecule has 0 bridgehead atoms. The van der Waals surface area contributed by atoms with E-state index in [1.54, 1.807) is 19.2 Å². The van der Waals surface area contributed by atoms with Gasteiger partial charge in [-0.25, -0.2) is 0 Å². The first kappa shape index (κ1) is 23.4. The number of anilines is 1. The summed E-state index contributed by atoms with van der Waals surface area (Å²) in [5.41, 5.74) is 1.62. The second-order valence-corrected chi connectivity index (χ2v) is 7.71. The van der Waals surface area contributed by atoms with Crippen LogP contribution in [0.1, 0.15) is 32.8 Å². The van der Waals surface area contributed by atoms with Crippen LogP contribution in [0.4, 0.5) is 18.9 Å². The van der Waals surface area contributed by atoms with Crippen LogP contribution in [0.15, 0.2) is 42.3 Å². The molecule has 162 valence electrons. The molecular weight excluding hydrogens is 379 g/mol. The van der Waals surface area contributed by atoms with Crippen molar-refractivity contribution < 1.29 is 17.9 Å². The van der Waals surface area contributed by atoms with Crippen molar-refractivity contribution in [3.63, 3.8) is 0 Å². The molecule has 0 radical (unpaired) electrons. The predicted octanol–water partition coefficient (Wildman–Crippen LogP) is 4.83. The quantitative estimate of drug-likeness (QED) is 0.694. The number of rotatable bonds is 5. The zero-order chi connectivity index (χ0) is 21.6. The lowest BCUT2D eigenvalue weighted by Gasteiger charge is -2.33. The lowest BCUT2D eigenvalue weighted by Crippen LogP contribution is -2.41. The molecule has 3 atom stereocenters. The maximum atomic E-state index is 13.4. The molecule has 1 aromatic rings. The van der Waals surface area contributed by atoms with Gasteiger partial charge in [-0.1, -0.05) is 25.2 Å². The molecule has 0 saturated heterocycles. The number of allylic oxidation sites excluding steroid dienone is 2. The van der Waals surface area contributed by atoms with Gasteiger partial charge in [0.15, 0.2) is 0 Å². The Bertz CT molecular complexity index is 717. The van der Waals surface area contributed by atoms with E-state index < -0.39 is 17.8 Å². The summed E-state index contributed by atoms with van der Waals surface area (Å²) in [6.45, 7) is 6.95. The van der Waals surface area contributed by atoms with Gasteiger partial charge in [0.2, 0.25) is 0 Å². The van der Waals surface area contributed by atoms with E-state index >= 15 is 0 Å². The van der Waals surface area contributed by atoms with Crippen LogP contribution in [0.2, 0.25) is 0 Å². The molecule has 1 aromatic heterocycles. The molecule has 7 heteroatoms. The van der Waals surface area contributed by atoms with Crippen molar-refractivity contribution in [1.82, 2.24) is 9.88 Å². The van der Waals surface area contributed by atoms with Gasteiger partial charge in [-0.2, -0.15) is 13.2 Å². The maximum Gasteiger partial charge on any atom is 0.416 e. The topological polar surface area (TPSA) is 28.6 Å². The zero-order valence-electron chi connectivity index (χ0n) is 17.9. The Morgan fingerprint density at radius 3 is 2.69 bits per heavy atom. The molecule has 2 heterocycles. The zero-order valence-corrected chi connectivity index (χ0v) is 17.9. The average molecular weight is 412 g/mol. The third kappa shape index (κ3) is 6.57. The van der Waals surface area contributed by atoms with Crippen molar-refractivity contribution in [1.29, 1.82) is 0 Å². The number of ether oxygens (including phenoxy) is 1. The van der Waals surface area contributed by atoms with Gasteiger partial charge in [0.1, 0.15) is 6.23 Å². The molecule has 0 amide bonds. The number of alkyl halides is 3. The van der Waals surface area contributed by atoms with Gasteiger partial charge in [0.05, 0.1) is 24.1 Å². The third-order valence-corrected chi connectivity index (χ3v) is 5.43. The minimum atomic E-state index is -4.36. The van der Waals surface area contributed by atoms with E-state index in [4.69, 9.17) is 4.74 Å². The van der Waals surface area contributed by atoms with E-state index in [0.29, 0.717) is 13.0 Å². The molecule has 1 aliphatic heterocycles. The molecule has 3 unspecified atom stereocenters. The fraction of sp³-hybridized carbons (Fsp3) is 0.591. The summed E-state index contributed by atoms with van der Waals surface area (Å²) in [5, 5.41) is 0. The van der Waals surface area contributed by atoms with Crippen LogP contribution in [0.5, 0.6) is 0 Å². The van der Waals surface area contributed by atoms with E-state index in [1.807, 2.05) is 38.2 Å². The number of likely N-dealkylation sites (N-methyl/N-ethyl adjacent to an activating group) is 1. The van der Waals surface area contributed by atoms with Crippen molar-refractivity contribution in [3.05, 3.63) is 47.8 Å². The summed E-state index contributed by atoms with van der Waals surface area (Å²) < 4.78 is 46.2. The summed E-state index contributed by atoms with van der Waals surface area (Å²) in [4.78, 5) is 8.23. The Balaban J connectivity index is 2.21. The van der Waals surface area contributed by atoms with Crippen molar-refractivity contribution in [2.45, 2.75) is 52.1 Å². The molecule has 0 N–H and O–H groups in total. The van der Waals surface area contributed by atoms with Crippen molar-refractivity contribution in [2.75, 3.05) is 32.1 Å². The summed E-state index contributed by atoms with van der Waals surface area (Å²) >= 11 is 0. The lowest BCUT2D eigenvalue weighted by atomic mass is 10.0. The van der Waals surface area contributed by atoms with Crippen LogP contribution in [0.3, 0.4) is 0 Å². The highest BCUT2D eigenvalue weighted by atomic mass is 19.4. The van der Waals surface area contributed by atoms with E-state index in [1.165, 1.54) is 12.2 Å². The minimum Gasteiger partial charge on any atom is -0.373 e. The number of aromatic nitrogens is 1. The van der Waals surface area contributed by atoms with Crippen LogP contribution in [0.25, 0.3) is 0 Å². The molecule has 29 heavy (non-hydrogen) atoms. The number of aryl methyl sites for hydroxylation is 1. The summed E-state index contributed by atoms with van der Waals surface area (Å²) in [7, 11) is 3.84. The van der Waals surface area contributed by atoms with Crippen molar-refractivity contribution in [2.24, 2.45) is 5.92 Å². The molecule has 2 rings (SSSR count). The standard InChI is InChI=1S/C22H32F3N3O/c1-6-27(4)20-14-26-12-11-18(20)8-10-21-28(5)17(3)13-19(22(23,24)25)9-7-16(2)15-29-21/h7,9,11-14,16-17,21H,6,8,10,15H2,1-5H3/b9-7-,19-13+. The molecule has 0 fully saturated rings. The van der Waals surface area contributed by atoms with Gasteiger partial charge in [0.25, 0.3) is 0 Å². The van der Waals surface area contributed by atoms with E-state index in [2.05, 4.69) is 16.8 Å².